The molecule has 6 heteroatoms. The van der Waals surface area contributed by atoms with E-state index in [0.29, 0.717) is 10.4 Å². The summed E-state index contributed by atoms with van der Waals surface area (Å²) in [5.74, 6) is 0.169. The topological polar surface area (TPSA) is 59.1 Å². The molecular weight excluding hydrogens is 268 g/mol. The number of anilines is 1. The first-order valence-corrected chi connectivity index (χ1v) is 6.22. The number of rotatable bonds is 4. The molecule has 0 amide bonds. The predicted molar refractivity (Wildman–Crippen MR) is 59.5 cm³/mol. The van der Waals surface area contributed by atoms with Crippen LogP contribution in [0.4, 0.5) is 5.82 Å². The fraction of sp³-hybridized carbons (Fsp3) is 0.125. The number of hydrogen-bond donors (Lipinski definition) is 1. The van der Waals surface area contributed by atoms with Gasteiger partial charge in [0.25, 0.3) is 0 Å². The van der Waals surface area contributed by atoms with Crippen molar-refractivity contribution in [3.63, 3.8) is 0 Å². The molecule has 1 N–H and O–H groups in total. The molecule has 1 aromatic heterocycles. The summed E-state index contributed by atoms with van der Waals surface area (Å²) < 4.78 is 25.4. The van der Waals surface area contributed by atoms with E-state index < -0.39 is 10.0 Å². The highest BCUT2D eigenvalue weighted by atomic mass is 79.9. The van der Waals surface area contributed by atoms with Crippen LogP contribution in [0.15, 0.2) is 35.5 Å². The fourth-order valence-electron chi connectivity index (χ4n) is 0.821. The summed E-state index contributed by atoms with van der Waals surface area (Å²) >= 11 is 3.14. The van der Waals surface area contributed by atoms with Gasteiger partial charge in [-0.1, -0.05) is 12.1 Å². The number of nitrogens with one attached hydrogen (secondary N) is 1. The predicted octanol–water partition coefficient (Wildman–Crippen LogP) is 1.77. The van der Waals surface area contributed by atoms with Gasteiger partial charge in [0, 0.05) is 0 Å². The lowest BCUT2D eigenvalue weighted by Gasteiger charge is -2.04. The summed E-state index contributed by atoms with van der Waals surface area (Å²) in [5.41, 5.74) is 0. The van der Waals surface area contributed by atoms with Crippen molar-refractivity contribution in [2.45, 2.75) is 0 Å². The fourth-order valence-corrected chi connectivity index (χ4v) is 1.99. The van der Waals surface area contributed by atoms with Gasteiger partial charge in [0.2, 0.25) is 10.0 Å². The van der Waals surface area contributed by atoms with E-state index in [2.05, 4.69) is 32.2 Å². The van der Waals surface area contributed by atoms with Crippen molar-refractivity contribution in [1.29, 1.82) is 0 Å². The zero-order valence-electron chi connectivity index (χ0n) is 7.27. The van der Waals surface area contributed by atoms with Gasteiger partial charge in [0.1, 0.15) is 10.4 Å². The van der Waals surface area contributed by atoms with Gasteiger partial charge in [-0.15, -0.1) is 6.58 Å². The van der Waals surface area contributed by atoms with Gasteiger partial charge in [-0.3, -0.25) is 4.72 Å². The maximum atomic E-state index is 11.3. The highest BCUT2D eigenvalue weighted by Gasteiger charge is 2.08. The summed E-state index contributed by atoms with van der Waals surface area (Å²) in [7, 11) is -3.35. The lowest BCUT2D eigenvalue weighted by atomic mass is 10.5. The molecule has 14 heavy (non-hydrogen) atoms. The second-order valence-electron chi connectivity index (χ2n) is 2.52. The highest BCUT2D eigenvalue weighted by Crippen LogP contribution is 2.11. The second-order valence-corrected chi connectivity index (χ2v) is 5.10. The zero-order valence-corrected chi connectivity index (χ0v) is 9.68. The van der Waals surface area contributed by atoms with Crippen LogP contribution < -0.4 is 4.72 Å². The first-order chi connectivity index (χ1) is 6.53. The van der Waals surface area contributed by atoms with Crippen molar-refractivity contribution in [2.75, 3.05) is 10.5 Å². The minimum absolute atomic E-state index is 0.124. The van der Waals surface area contributed by atoms with Gasteiger partial charge in [0.05, 0.1) is 5.75 Å². The Labute approximate surface area is 91.2 Å². The number of pyridine rings is 1. The molecule has 4 nitrogen and oxygen atoms in total. The third kappa shape index (κ3) is 3.47. The van der Waals surface area contributed by atoms with E-state index in [0.717, 1.165) is 0 Å². The van der Waals surface area contributed by atoms with Crippen molar-refractivity contribution >= 4 is 31.8 Å². The molecule has 0 aromatic carbocycles. The average Bonchev–Trinajstić information content (AvgIpc) is 2.02. The van der Waals surface area contributed by atoms with E-state index >= 15 is 0 Å². The number of halogens is 1. The Balaban J connectivity index is 2.84. The Bertz CT molecular complexity index is 431. The van der Waals surface area contributed by atoms with Gasteiger partial charge < -0.3 is 0 Å². The summed E-state index contributed by atoms with van der Waals surface area (Å²) in [6.07, 6.45) is 1.32. The van der Waals surface area contributed by atoms with Gasteiger partial charge in [0.15, 0.2) is 0 Å². The quantitative estimate of drug-likeness (QED) is 0.674. The smallest absolute Gasteiger partial charge is 0.237 e. The van der Waals surface area contributed by atoms with Gasteiger partial charge in [-0.05, 0) is 28.1 Å². The van der Waals surface area contributed by atoms with Crippen LogP contribution in [0.25, 0.3) is 0 Å². The summed E-state index contributed by atoms with van der Waals surface area (Å²) in [5, 5.41) is 0. The first kappa shape index (κ1) is 11.2. The Morgan fingerprint density at radius 3 is 2.86 bits per heavy atom. The molecule has 1 rings (SSSR count). The zero-order chi connectivity index (χ0) is 10.6. The molecule has 0 spiro atoms. The third-order valence-corrected chi connectivity index (χ3v) is 2.95. The van der Waals surface area contributed by atoms with Crippen molar-refractivity contribution in [2.24, 2.45) is 0 Å². The Morgan fingerprint density at radius 1 is 1.57 bits per heavy atom. The Morgan fingerprint density at radius 2 is 2.29 bits per heavy atom. The van der Waals surface area contributed by atoms with E-state index in [9.17, 15) is 8.42 Å². The molecule has 0 radical (unpaired) electrons. The Hall–Kier alpha value is -0.880. The van der Waals surface area contributed by atoms with Crippen LogP contribution >= 0.6 is 15.9 Å². The molecule has 0 aliphatic rings. The Kier molecular flexibility index (Phi) is 3.65. The summed E-state index contributed by atoms with van der Waals surface area (Å²) in [6.45, 7) is 3.36. The molecule has 1 heterocycles. The first-order valence-electron chi connectivity index (χ1n) is 3.77. The molecule has 0 fully saturated rings. The maximum Gasteiger partial charge on any atom is 0.237 e. The van der Waals surface area contributed by atoms with E-state index in [1.54, 1.807) is 18.2 Å². The van der Waals surface area contributed by atoms with E-state index in [4.69, 9.17) is 0 Å². The molecule has 1 aromatic rings. The van der Waals surface area contributed by atoms with Crippen LogP contribution in [0.3, 0.4) is 0 Å². The SMILES string of the molecule is C=CCS(=O)(=O)Nc1cccc(Br)n1. The van der Waals surface area contributed by atoms with Crippen molar-refractivity contribution in [3.8, 4) is 0 Å². The van der Waals surface area contributed by atoms with Crippen LogP contribution in [-0.4, -0.2) is 19.2 Å². The largest absolute Gasteiger partial charge is 0.267 e. The number of nitrogens with zero attached hydrogens (tertiary/aromatic N) is 1. The molecule has 0 atom stereocenters. The minimum atomic E-state index is -3.35. The number of hydrogen-bond acceptors (Lipinski definition) is 3. The normalized spacial score (nSPS) is 10.9. The molecule has 0 aliphatic carbocycles. The third-order valence-electron chi connectivity index (χ3n) is 1.31. The minimum Gasteiger partial charge on any atom is -0.267 e. The number of sulfonamides is 1. The van der Waals surface area contributed by atoms with Crippen molar-refractivity contribution in [3.05, 3.63) is 35.5 Å². The monoisotopic (exact) mass is 276 g/mol. The summed E-state index contributed by atoms with van der Waals surface area (Å²) in [4.78, 5) is 3.93. The molecule has 0 bridgehead atoms. The molecular formula is C8H9BrN2O2S. The van der Waals surface area contributed by atoms with E-state index in [1.807, 2.05) is 0 Å². The van der Waals surface area contributed by atoms with E-state index in [1.165, 1.54) is 6.08 Å². The molecule has 0 saturated carbocycles. The molecule has 0 unspecified atom stereocenters. The van der Waals surface area contributed by atoms with Crippen LogP contribution in [0.5, 0.6) is 0 Å². The van der Waals surface area contributed by atoms with Gasteiger partial charge in [-0.2, -0.15) is 0 Å². The van der Waals surface area contributed by atoms with Crippen LogP contribution in [0.2, 0.25) is 0 Å². The number of aromatic nitrogens is 1. The van der Waals surface area contributed by atoms with Crippen LogP contribution in [-0.2, 0) is 10.0 Å². The molecule has 0 saturated heterocycles. The molecule has 0 aliphatic heterocycles. The van der Waals surface area contributed by atoms with Crippen molar-refractivity contribution < 1.29 is 8.42 Å². The van der Waals surface area contributed by atoms with Gasteiger partial charge in [-0.25, -0.2) is 13.4 Å². The summed E-state index contributed by atoms with van der Waals surface area (Å²) in [6, 6.07) is 4.99. The highest BCUT2D eigenvalue weighted by molar-refractivity contribution is 9.10. The van der Waals surface area contributed by atoms with E-state index in [-0.39, 0.29) is 5.75 Å². The standard InChI is InChI=1S/C8H9BrN2O2S/c1-2-6-14(12,13)11-8-5-3-4-7(9)10-8/h2-5H,1,6H2,(H,10,11). The average molecular weight is 277 g/mol. The lowest BCUT2D eigenvalue weighted by Crippen LogP contribution is -2.15. The lowest BCUT2D eigenvalue weighted by molar-refractivity contribution is 0.604. The second kappa shape index (κ2) is 4.56. The van der Waals surface area contributed by atoms with Gasteiger partial charge >= 0.3 is 0 Å². The van der Waals surface area contributed by atoms with Crippen LogP contribution in [0, 0.1) is 0 Å². The molecule has 76 valence electrons. The van der Waals surface area contributed by atoms with Crippen molar-refractivity contribution in [1.82, 2.24) is 4.98 Å². The maximum absolute atomic E-state index is 11.3. The van der Waals surface area contributed by atoms with Crippen LogP contribution in [0.1, 0.15) is 0 Å².